The molecule has 5 nitrogen and oxygen atoms in total. The second-order valence-corrected chi connectivity index (χ2v) is 3.91. The van der Waals surface area contributed by atoms with Crippen molar-refractivity contribution < 1.29 is 14.7 Å². The molecule has 0 aliphatic rings. The molecule has 17 heavy (non-hydrogen) atoms. The lowest BCUT2D eigenvalue weighted by atomic mass is 10.2. The van der Waals surface area contributed by atoms with Crippen molar-refractivity contribution in [3.63, 3.8) is 0 Å². The van der Waals surface area contributed by atoms with Gasteiger partial charge in [0.25, 0.3) is 0 Å². The van der Waals surface area contributed by atoms with E-state index in [2.05, 4.69) is 10.3 Å². The summed E-state index contributed by atoms with van der Waals surface area (Å²) in [6, 6.07) is 1.58. The van der Waals surface area contributed by atoms with Crippen LogP contribution >= 0.6 is 11.6 Å². The highest BCUT2D eigenvalue weighted by Crippen LogP contribution is 2.19. The molecule has 0 atom stereocenters. The fourth-order valence-electron chi connectivity index (χ4n) is 1.24. The van der Waals surface area contributed by atoms with Crippen LogP contribution in [-0.2, 0) is 9.59 Å². The minimum atomic E-state index is -0.847. The maximum absolute atomic E-state index is 11.5. The number of aliphatic carboxylic acids is 1. The van der Waals surface area contributed by atoms with Crippen LogP contribution in [0.1, 0.15) is 25.7 Å². The molecule has 0 spiro atoms. The summed E-state index contributed by atoms with van der Waals surface area (Å²) in [4.78, 5) is 25.6. The van der Waals surface area contributed by atoms with Gasteiger partial charge in [0.05, 0.1) is 16.9 Å². The van der Waals surface area contributed by atoms with Crippen LogP contribution in [0.3, 0.4) is 0 Å². The Morgan fingerprint density at radius 3 is 2.71 bits per heavy atom. The number of nitrogens with zero attached hydrogens (tertiary/aromatic N) is 1. The maximum Gasteiger partial charge on any atom is 0.303 e. The summed E-state index contributed by atoms with van der Waals surface area (Å²) < 4.78 is 0. The molecule has 92 valence electrons. The van der Waals surface area contributed by atoms with Crippen LogP contribution in [0, 0.1) is 0 Å². The second kappa shape index (κ2) is 6.85. The van der Waals surface area contributed by atoms with Gasteiger partial charge < -0.3 is 10.4 Å². The molecule has 1 rings (SSSR count). The summed E-state index contributed by atoms with van der Waals surface area (Å²) in [6.07, 6.45) is 4.39. The molecule has 0 aliphatic heterocycles. The number of halogens is 1. The molecule has 0 aliphatic carbocycles. The number of amides is 1. The molecular formula is C11H13ClN2O3. The summed E-state index contributed by atoms with van der Waals surface area (Å²) >= 11 is 5.84. The van der Waals surface area contributed by atoms with E-state index in [1.165, 1.54) is 12.4 Å². The number of unbranched alkanes of at least 4 members (excludes halogenated alkanes) is 1. The molecule has 6 heteroatoms. The largest absolute Gasteiger partial charge is 0.481 e. The fourth-order valence-corrected chi connectivity index (χ4v) is 1.40. The maximum atomic E-state index is 11.5. The standard InChI is InChI=1S/C11H13ClN2O3/c12-8-5-6-13-7-9(8)14-10(15)3-1-2-4-11(16)17/h5-7H,1-4H2,(H,14,15)(H,16,17). The van der Waals surface area contributed by atoms with Crippen LogP contribution < -0.4 is 5.32 Å². The molecule has 1 aromatic heterocycles. The van der Waals surface area contributed by atoms with Gasteiger partial charge in [-0.25, -0.2) is 0 Å². The Hall–Kier alpha value is -1.62. The van der Waals surface area contributed by atoms with Gasteiger partial charge in [0.15, 0.2) is 0 Å². The van der Waals surface area contributed by atoms with Crippen molar-refractivity contribution in [2.45, 2.75) is 25.7 Å². The summed E-state index contributed by atoms with van der Waals surface area (Å²) in [7, 11) is 0. The van der Waals surface area contributed by atoms with Crippen LogP contribution in [-0.4, -0.2) is 22.0 Å². The van der Waals surface area contributed by atoms with Gasteiger partial charge in [-0.3, -0.25) is 14.6 Å². The Labute approximate surface area is 104 Å². The summed E-state index contributed by atoms with van der Waals surface area (Å²) in [6.45, 7) is 0. The molecule has 0 aromatic carbocycles. The first-order valence-electron chi connectivity index (χ1n) is 5.21. The lowest BCUT2D eigenvalue weighted by Gasteiger charge is -2.05. The van der Waals surface area contributed by atoms with Gasteiger partial charge in [0.2, 0.25) is 5.91 Å². The molecular weight excluding hydrogens is 244 g/mol. The molecule has 0 saturated carbocycles. The number of carbonyl (C=O) groups is 2. The van der Waals surface area contributed by atoms with Crippen LogP contribution in [0.5, 0.6) is 0 Å². The Morgan fingerprint density at radius 2 is 2.06 bits per heavy atom. The fraction of sp³-hybridized carbons (Fsp3) is 0.364. The lowest BCUT2D eigenvalue weighted by molar-refractivity contribution is -0.137. The number of aromatic nitrogens is 1. The molecule has 1 aromatic rings. The number of pyridine rings is 1. The van der Waals surface area contributed by atoms with Gasteiger partial charge >= 0.3 is 5.97 Å². The third-order valence-electron chi connectivity index (χ3n) is 2.09. The summed E-state index contributed by atoms with van der Waals surface area (Å²) in [5, 5.41) is 11.5. The summed E-state index contributed by atoms with van der Waals surface area (Å²) in [5.41, 5.74) is 0.470. The van der Waals surface area contributed by atoms with E-state index >= 15 is 0 Å². The van der Waals surface area contributed by atoms with E-state index < -0.39 is 5.97 Å². The molecule has 0 radical (unpaired) electrons. The highest BCUT2D eigenvalue weighted by Gasteiger charge is 2.06. The number of nitrogens with one attached hydrogen (secondary N) is 1. The van der Waals surface area contributed by atoms with Gasteiger partial charge in [-0.1, -0.05) is 11.6 Å². The minimum Gasteiger partial charge on any atom is -0.481 e. The van der Waals surface area contributed by atoms with E-state index in [1.54, 1.807) is 6.07 Å². The SMILES string of the molecule is O=C(O)CCCCC(=O)Nc1cnccc1Cl. The van der Waals surface area contributed by atoms with E-state index in [-0.39, 0.29) is 18.7 Å². The van der Waals surface area contributed by atoms with Crippen LogP contribution in [0.4, 0.5) is 5.69 Å². The van der Waals surface area contributed by atoms with Gasteiger partial charge in [-0.15, -0.1) is 0 Å². The number of hydrogen-bond acceptors (Lipinski definition) is 3. The topological polar surface area (TPSA) is 79.3 Å². The molecule has 0 bridgehead atoms. The van der Waals surface area contributed by atoms with Crippen LogP contribution in [0.15, 0.2) is 18.5 Å². The zero-order valence-corrected chi connectivity index (χ0v) is 9.91. The quantitative estimate of drug-likeness (QED) is 0.766. The van der Waals surface area contributed by atoms with Crippen LogP contribution in [0.2, 0.25) is 5.02 Å². The van der Waals surface area contributed by atoms with Crippen molar-refractivity contribution >= 4 is 29.2 Å². The van der Waals surface area contributed by atoms with Crippen molar-refractivity contribution in [1.82, 2.24) is 4.98 Å². The zero-order chi connectivity index (χ0) is 12.7. The van der Waals surface area contributed by atoms with E-state index in [0.717, 1.165) is 0 Å². The van der Waals surface area contributed by atoms with Gasteiger partial charge in [0, 0.05) is 19.0 Å². The Bertz CT molecular complexity index is 409. The molecule has 2 N–H and O–H groups in total. The predicted molar refractivity (Wildman–Crippen MR) is 64.0 cm³/mol. The lowest BCUT2D eigenvalue weighted by Crippen LogP contribution is -2.11. The molecule has 1 heterocycles. The summed E-state index contributed by atoms with van der Waals surface area (Å²) in [5.74, 6) is -1.04. The number of carboxylic acid groups (broad SMARTS) is 1. The first kappa shape index (κ1) is 13.4. The second-order valence-electron chi connectivity index (χ2n) is 3.50. The number of hydrogen-bond donors (Lipinski definition) is 2. The number of carbonyl (C=O) groups excluding carboxylic acids is 1. The Morgan fingerprint density at radius 1 is 1.35 bits per heavy atom. The minimum absolute atomic E-state index is 0.0843. The zero-order valence-electron chi connectivity index (χ0n) is 9.15. The van der Waals surface area contributed by atoms with E-state index in [1.807, 2.05) is 0 Å². The first-order valence-corrected chi connectivity index (χ1v) is 5.58. The average Bonchev–Trinajstić information content (AvgIpc) is 2.27. The van der Waals surface area contributed by atoms with E-state index in [0.29, 0.717) is 23.6 Å². The third-order valence-corrected chi connectivity index (χ3v) is 2.42. The van der Waals surface area contributed by atoms with Gasteiger partial charge in [-0.2, -0.15) is 0 Å². The Balaban J connectivity index is 2.30. The van der Waals surface area contributed by atoms with Crippen LogP contribution in [0.25, 0.3) is 0 Å². The van der Waals surface area contributed by atoms with Gasteiger partial charge in [-0.05, 0) is 18.9 Å². The van der Waals surface area contributed by atoms with Crippen molar-refractivity contribution in [3.8, 4) is 0 Å². The Kier molecular flexibility index (Phi) is 5.42. The van der Waals surface area contributed by atoms with Gasteiger partial charge in [0.1, 0.15) is 0 Å². The smallest absolute Gasteiger partial charge is 0.303 e. The third kappa shape index (κ3) is 5.31. The first-order chi connectivity index (χ1) is 8.09. The molecule has 0 unspecified atom stereocenters. The van der Waals surface area contributed by atoms with E-state index in [4.69, 9.17) is 16.7 Å². The number of carboxylic acids is 1. The highest BCUT2D eigenvalue weighted by atomic mass is 35.5. The van der Waals surface area contributed by atoms with Crippen molar-refractivity contribution in [2.75, 3.05) is 5.32 Å². The molecule has 0 saturated heterocycles. The number of rotatable bonds is 6. The van der Waals surface area contributed by atoms with Crippen molar-refractivity contribution in [1.29, 1.82) is 0 Å². The van der Waals surface area contributed by atoms with Crippen molar-refractivity contribution in [2.24, 2.45) is 0 Å². The monoisotopic (exact) mass is 256 g/mol. The number of anilines is 1. The molecule has 0 fully saturated rings. The van der Waals surface area contributed by atoms with Crippen molar-refractivity contribution in [3.05, 3.63) is 23.5 Å². The molecule has 1 amide bonds. The van der Waals surface area contributed by atoms with E-state index in [9.17, 15) is 9.59 Å². The average molecular weight is 257 g/mol. The normalized spacial score (nSPS) is 9.94. The predicted octanol–water partition coefficient (Wildman–Crippen LogP) is 2.32. The highest BCUT2D eigenvalue weighted by molar-refractivity contribution is 6.33.